The summed E-state index contributed by atoms with van der Waals surface area (Å²) in [6.07, 6.45) is 6.52. The molecule has 0 bridgehead atoms. The van der Waals surface area contributed by atoms with Crippen molar-refractivity contribution in [2.75, 3.05) is 0 Å². The molecule has 2 rings (SSSR count). The van der Waals surface area contributed by atoms with E-state index in [1.165, 1.54) is 25.7 Å². The van der Waals surface area contributed by atoms with Gasteiger partial charge in [-0.25, -0.2) is 0 Å². The zero-order valence-corrected chi connectivity index (χ0v) is 11.6. The van der Waals surface area contributed by atoms with E-state index in [0.717, 1.165) is 17.9 Å². The smallest absolute Gasteiger partial charge is 0.423 e. The topological polar surface area (TPSA) is 49.7 Å². The van der Waals surface area contributed by atoms with Gasteiger partial charge in [-0.15, -0.1) is 0 Å². The van der Waals surface area contributed by atoms with Crippen molar-refractivity contribution in [3.05, 3.63) is 29.8 Å². The zero-order valence-electron chi connectivity index (χ0n) is 11.6. The predicted molar refractivity (Wildman–Crippen MR) is 77.1 cm³/mol. The highest BCUT2D eigenvalue weighted by atomic mass is 16.5. The van der Waals surface area contributed by atoms with E-state index >= 15 is 0 Å². The summed E-state index contributed by atoms with van der Waals surface area (Å²) >= 11 is 0. The van der Waals surface area contributed by atoms with Crippen LogP contribution in [0.15, 0.2) is 24.3 Å². The first-order chi connectivity index (χ1) is 9.19. The van der Waals surface area contributed by atoms with E-state index in [1.54, 1.807) is 12.1 Å². The molecule has 0 aromatic heterocycles. The van der Waals surface area contributed by atoms with Crippen LogP contribution in [0.25, 0.3) is 0 Å². The Morgan fingerprint density at radius 3 is 2.89 bits per heavy atom. The Hall–Kier alpha value is -0.835. The lowest BCUT2D eigenvalue weighted by Crippen LogP contribution is -2.30. The van der Waals surface area contributed by atoms with Crippen molar-refractivity contribution in [1.29, 1.82) is 0 Å². The molecule has 4 heteroatoms. The van der Waals surface area contributed by atoms with Crippen LogP contribution in [-0.2, 0) is 11.3 Å². The molecular formula is C15H23BO3. The highest BCUT2D eigenvalue weighted by Gasteiger charge is 2.21. The molecule has 2 N–H and O–H groups in total. The Morgan fingerprint density at radius 2 is 2.16 bits per heavy atom. The molecule has 3 nitrogen and oxygen atoms in total. The molecule has 2 atom stereocenters. The molecule has 0 heterocycles. The summed E-state index contributed by atoms with van der Waals surface area (Å²) in [5, 5.41) is 18.3. The predicted octanol–water partition coefficient (Wildman–Crippen LogP) is 1.85. The van der Waals surface area contributed by atoms with Gasteiger partial charge < -0.3 is 14.8 Å². The lowest BCUT2D eigenvalue weighted by Gasteiger charge is -2.28. The quantitative estimate of drug-likeness (QED) is 0.796. The minimum Gasteiger partial charge on any atom is -0.423 e. The normalized spacial score (nSPS) is 23.3. The van der Waals surface area contributed by atoms with Crippen molar-refractivity contribution >= 4 is 12.6 Å². The highest BCUT2D eigenvalue weighted by molar-refractivity contribution is 6.58. The van der Waals surface area contributed by atoms with E-state index in [-0.39, 0.29) is 0 Å². The van der Waals surface area contributed by atoms with Gasteiger partial charge >= 0.3 is 7.12 Å². The van der Waals surface area contributed by atoms with Gasteiger partial charge in [0.05, 0.1) is 12.7 Å². The molecule has 1 aromatic carbocycles. The zero-order chi connectivity index (χ0) is 13.7. The summed E-state index contributed by atoms with van der Waals surface area (Å²) in [5.74, 6) is 0.810. The molecule has 0 radical (unpaired) electrons. The average molecular weight is 262 g/mol. The second kappa shape index (κ2) is 7.08. The molecule has 0 spiro atoms. The summed E-state index contributed by atoms with van der Waals surface area (Å²) in [4.78, 5) is 0. The summed E-state index contributed by atoms with van der Waals surface area (Å²) in [6, 6.07) is 7.31. The van der Waals surface area contributed by atoms with Gasteiger partial charge in [-0.3, -0.25) is 0 Å². The van der Waals surface area contributed by atoms with Gasteiger partial charge in [0.25, 0.3) is 0 Å². The Kier molecular flexibility index (Phi) is 5.43. The third-order valence-electron chi connectivity index (χ3n) is 4.05. The van der Waals surface area contributed by atoms with Crippen LogP contribution in [0.4, 0.5) is 0 Å². The third kappa shape index (κ3) is 4.34. The fourth-order valence-electron chi connectivity index (χ4n) is 2.82. The Labute approximate surface area is 115 Å². The van der Waals surface area contributed by atoms with Gasteiger partial charge in [0.15, 0.2) is 0 Å². The van der Waals surface area contributed by atoms with Crippen LogP contribution in [0.2, 0.25) is 0 Å². The monoisotopic (exact) mass is 262 g/mol. The molecular weight excluding hydrogens is 239 g/mol. The number of hydrogen-bond acceptors (Lipinski definition) is 3. The number of benzene rings is 1. The van der Waals surface area contributed by atoms with Crippen LogP contribution in [0, 0.1) is 5.92 Å². The Balaban J connectivity index is 1.86. The maximum absolute atomic E-state index is 9.15. The number of hydrogen-bond donors (Lipinski definition) is 2. The first kappa shape index (κ1) is 14.6. The van der Waals surface area contributed by atoms with Crippen LogP contribution < -0.4 is 5.46 Å². The average Bonchev–Trinajstić information content (AvgIpc) is 2.45. The molecule has 104 valence electrons. The van der Waals surface area contributed by atoms with E-state index in [9.17, 15) is 0 Å². The van der Waals surface area contributed by atoms with E-state index in [2.05, 4.69) is 6.92 Å². The van der Waals surface area contributed by atoms with Gasteiger partial charge in [0, 0.05) is 0 Å². The van der Waals surface area contributed by atoms with Gasteiger partial charge in [-0.05, 0) is 29.8 Å². The maximum atomic E-state index is 9.15. The van der Waals surface area contributed by atoms with Gasteiger partial charge in [0.2, 0.25) is 0 Å². The molecule has 0 aliphatic heterocycles. The van der Waals surface area contributed by atoms with Crippen LogP contribution in [0.1, 0.15) is 44.6 Å². The largest absolute Gasteiger partial charge is 0.488 e. The van der Waals surface area contributed by atoms with E-state index in [4.69, 9.17) is 14.8 Å². The number of rotatable bonds is 5. The van der Waals surface area contributed by atoms with Crippen molar-refractivity contribution in [2.45, 2.75) is 51.7 Å². The van der Waals surface area contributed by atoms with Crippen LogP contribution in [-0.4, -0.2) is 23.3 Å². The first-order valence-corrected chi connectivity index (χ1v) is 7.25. The summed E-state index contributed by atoms with van der Waals surface area (Å²) < 4.78 is 5.97. The van der Waals surface area contributed by atoms with Gasteiger partial charge in [-0.2, -0.15) is 0 Å². The van der Waals surface area contributed by atoms with Crippen LogP contribution in [0.5, 0.6) is 0 Å². The molecule has 1 fully saturated rings. The molecule has 1 aromatic rings. The number of ether oxygens (including phenoxy) is 1. The van der Waals surface area contributed by atoms with Crippen molar-refractivity contribution in [3.8, 4) is 0 Å². The Morgan fingerprint density at radius 1 is 1.32 bits per heavy atom. The fourth-order valence-corrected chi connectivity index (χ4v) is 2.82. The van der Waals surface area contributed by atoms with Crippen molar-refractivity contribution in [1.82, 2.24) is 0 Å². The Bertz CT molecular complexity index is 395. The van der Waals surface area contributed by atoms with Crippen LogP contribution in [0.3, 0.4) is 0 Å². The van der Waals surface area contributed by atoms with Crippen molar-refractivity contribution in [3.63, 3.8) is 0 Å². The molecule has 0 saturated heterocycles. The van der Waals surface area contributed by atoms with Crippen molar-refractivity contribution < 1.29 is 14.8 Å². The molecule has 1 aliphatic rings. The fraction of sp³-hybridized carbons (Fsp3) is 0.600. The standard InChI is InChI=1S/C15H23BO3/c1-2-12-5-4-8-15(10-12)19-11-13-6-3-7-14(9-13)16(17)18/h3,6-7,9,12,15,17-18H,2,4-5,8,10-11H2,1H3. The lowest BCUT2D eigenvalue weighted by atomic mass is 9.80. The maximum Gasteiger partial charge on any atom is 0.488 e. The highest BCUT2D eigenvalue weighted by Crippen LogP contribution is 2.28. The van der Waals surface area contributed by atoms with Gasteiger partial charge in [0.1, 0.15) is 0 Å². The second-order valence-corrected chi connectivity index (χ2v) is 5.49. The van der Waals surface area contributed by atoms with E-state index in [0.29, 0.717) is 18.2 Å². The molecule has 0 amide bonds. The summed E-state index contributed by atoms with van der Waals surface area (Å²) in [6.45, 7) is 2.81. The van der Waals surface area contributed by atoms with Crippen LogP contribution >= 0.6 is 0 Å². The molecule has 1 saturated carbocycles. The summed E-state index contributed by atoms with van der Waals surface area (Å²) in [7, 11) is -1.40. The first-order valence-electron chi connectivity index (χ1n) is 7.25. The second-order valence-electron chi connectivity index (χ2n) is 5.49. The summed E-state index contributed by atoms with van der Waals surface area (Å²) in [5.41, 5.74) is 1.53. The third-order valence-corrected chi connectivity index (χ3v) is 4.05. The van der Waals surface area contributed by atoms with Crippen molar-refractivity contribution in [2.24, 2.45) is 5.92 Å². The SMILES string of the molecule is CCC1CCCC(OCc2cccc(B(O)O)c2)C1. The molecule has 19 heavy (non-hydrogen) atoms. The van der Waals surface area contributed by atoms with Gasteiger partial charge in [-0.1, -0.05) is 50.5 Å². The lowest BCUT2D eigenvalue weighted by molar-refractivity contribution is 0.00179. The molecule has 1 aliphatic carbocycles. The van der Waals surface area contributed by atoms with E-state index in [1.807, 2.05) is 12.1 Å². The minimum atomic E-state index is -1.40. The minimum absolute atomic E-state index is 0.362. The molecule has 2 unspecified atom stereocenters. The van der Waals surface area contributed by atoms with E-state index < -0.39 is 7.12 Å².